The number of carbonyl (C=O) groups excluding carboxylic acids is 2. The number of hydrogen-bond acceptors (Lipinski definition) is 9. The Bertz CT molecular complexity index is 2020. The van der Waals surface area contributed by atoms with E-state index in [2.05, 4.69) is 20.3 Å². The molecule has 0 saturated heterocycles. The summed E-state index contributed by atoms with van der Waals surface area (Å²) in [6, 6.07) is 10.3. The summed E-state index contributed by atoms with van der Waals surface area (Å²) in [5, 5.41) is 12.5. The first kappa shape index (κ1) is 37.8. The molecular weight excluding hydrogens is 725 g/mol. The SMILES string of the molecule is C[C@H](CC(=O)OC[C@H](c1ccc(Cl)c(-c2ncnn2C(F)F)c1)N1C(=O)[C@@](CC(C)(C)C)(c2ccc(-c3cnn(C4CC4)n3)cc2)N=C1N)C(F)(F)F. The lowest BCUT2D eigenvalue weighted by atomic mass is 9.75. The van der Waals surface area contributed by atoms with Crippen LogP contribution in [0.25, 0.3) is 22.6 Å². The number of amides is 1. The Hall–Kier alpha value is -4.93. The summed E-state index contributed by atoms with van der Waals surface area (Å²) in [6.45, 7) is 2.89. The zero-order chi connectivity index (χ0) is 38.5. The molecule has 1 amide bonds. The van der Waals surface area contributed by atoms with E-state index in [4.69, 9.17) is 27.1 Å². The van der Waals surface area contributed by atoms with E-state index in [9.17, 15) is 31.5 Å². The summed E-state index contributed by atoms with van der Waals surface area (Å²) in [7, 11) is 0. The largest absolute Gasteiger partial charge is 0.463 e. The molecule has 282 valence electrons. The van der Waals surface area contributed by atoms with E-state index >= 15 is 0 Å². The lowest BCUT2D eigenvalue weighted by Gasteiger charge is -2.35. The van der Waals surface area contributed by atoms with Crippen LogP contribution in [0.2, 0.25) is 5.02 Å². The minimum Gasteiger partial charge on any atom is -0.463 e. The maximum atomic E-state index is 14.9. The van der Waals surface area contributed by atoms with Crippen molar-refractivity contribution >= 4 is 29.4 Å². The van der Waals surface area contributed by atoms with E-state index in [1.54, 1.807) is 35.3 Å². The van der Waals surface area contributed by atoms with Gasteiger partial charge in [0, 0.05) is 11.1 Å². The molecule has 1 aliphatic carbocycles. The van der Waals surface area contributed by atoms with Gasteiger partial charge in [0.25, 0.3) is 5.91 Å². The highest BCUT2D eigenvalue weighted by Crippen LogP contribution is 2.46. The molecule has 12 nitrogen and oxygen atoms in total. The number of benzene rings is 2. The van der Waals surface area contributed by atoms with Crippen LogP contribution in [0.5, 0.6) is 0 Å². The van der Waals surface area contributed by atoms with Crippen molar-refractivity contribution in [3.8, 4) is 22.6 Å². The molecule has 0 radical (unpaired) electrons. The smallest absolute Gasteiger partial charge is 0.392 e. The maximum absolute atomic E-state index is 14.9. The number of aromatic nitrogens is 6. The summed E-state index contributed by atoms with van der Waals surface area (Å²) in [5.74, 6) is -4.34. The van der Waals surface area contributed by atoms with E-state index in [1.165, 1.54) is 18.2 Å². The summed E-state index contributed by atoms with van der Waals surface area (Å²) in [6.07, 6.45) is -0.839. The van der Waals surface area contributed by atoms with Gasteiger partial charge in [0.1, 0.15) is 18.6 Å². The summed E-state index contributed by atoms with van der Waals surface area (Å²) >= 11 is 6.43. The van der Waals surface area contributed by atoms with Crippen LogP contribution in [0, 0.1) is 11.3 Å². The van der Waals surface area contributed by atoms with Crippen LogP contribution >= 0.6 is 11.6 Å². The number of esters is 1. The molecule has 1 fully saturated rings. The van der Waals surface area contributed by atoms with Crippen LogP contribution in [-0.2, 0) is 19.9 Å². The lowest BCUT2D eigenvalue weighted by Crippen LogP contribution is -2.47. The summed E-state index contributed by atoms with van der Waals surface area (Å²) in [5.41, 5.74) is 6.59. The van der Waals surface area contributed by atoms with Gasteiger partial charge in [-0.05, 0) is 47.9 Å². The minimum atomic E-state index is -4.65. The van der Waals surface area contributed by atoms with Gasteiger partial charge in [-0.2, -0.15) is 46.7 Å². The van der Waals surface area contributed by atoms with Crippen molar-refractivity contribution in [2.45, 2.75) is 83.7 Å². The predicted octanol–water partition coefficient (Wildman–Crippen LogP) is 7.25. The minimum absolute atomic E-state index is 0.00121. The van der Waals surface area contributed by atoms with E-state index in [1.807, 2.05) is 20.8 Å². The topological polar surface area (TPSA) is 146 Å². The van der Waals surface area contributed by atoms with Gasteiger partial charge in [-0.15, -0.1) is 0 Å². The third-order valence-corrected chi connectivity index (χ3v) is 9.40. The van der Waals surface area contributed by atoms with Gasteiger partial charge >= 0.3 is 18.7 Å². The number of alkyl halides is 5. The first-order chi connectivity index (χ1) is 24.9. The van der Waals surface area contributed by atoms with Gasteiger partial charge < -0.3 is 10.5 Å². The summed E-state index contributed by atoms with van der Waals surface area (Å²) < 4.78 is 73.2. The second-order valence-electron chi connectivity index (χ2n) is 14.5. The van der Waals surface area contributed by atoms with E-state index in [0.29, 0.717) is 15.9 Å². The molecule has 1 saturated carbocycles. The fraction of sp³-hybridized carbons (Fsp3) is 0.457. The zero-order valence-corrected chi connectivity index (χ0v) is 29.9. The molecule has 0 unspecified atom stereocenters. The molecule has 1 aliphatic heterocycles. The molecule has 6 rings (SSSR count). The molecule has 2 aliphatic rings. The second-order valence-corrected chi connectivity index (χ2v) is 14.9. The molecule has 4 aromatic rings. The molecule has 2 aromatic heterocycles. The van der Waals surface area contributed by atoms with Gasteiger partial charge in [0.2, 0.25) is 0 Å². The number of hydrogen-bond donors (Lipinski definition) is 1. The van der Waals surface area contributed by atoms with E-state index in [-0.39, 0.29) is 40.4 Å². The highest BCUT2D eigenvalue weighted by atomic mass is 35.5. The number of nitrogens with zero attached hydrogens (tertiary/aromatic N) is 8. The number of nitrogens with two attached hydrogens (primary N) is 1. The van der Waals surface area contributed by atoms with Crippen molar-refractivity contribution in [1.29, 1.82) is 0 Å². The highest BCUT2D eigenvalue weighted by Gasteiger charge is 2.53. The van der Waals surface area contributed by atoms with Crippen molar-refractivity contribution in [2.24, 2.45) is 22.1 Å². The Balaban J connectivity index is 1.39. The van der Waals surface area contributed by atoms with Gasteiger partial charge in [-0.25, -0.2) is 9.98 Å². The fourth-order valence-corrected chi connectivity index (χ4v) is 6.51. The van der Waals surface area contributed by atoms with Crippen molar-refractivity contribution in [2.75, 3.05) is 6.61 Å². The quantitative estimate of drug-likeness (QED) is 0.117. The van der Waals surface area contributed by atoms with Gasteiger partial charge in [0.15, 0.2) is 17.3 Å². The molecule has 3 atom stereocenters. The van der Waals surface area contributed by atoms with Crippen molar-refractivity contribution < 1.29 is 36.3 Å². The third kappa shape index (κ3) is 7.89. The number of rotatable bonds is 12. The molecule has 2 N–H and O–H groups in total. The van der Waals surface area contributed by atoms with Crippen molar-refractivity contribution in [1.82, 2.24) is 34.7 Å². The van der Waals surface area contributed by atoms with Crippen molar-refractivity contribution in [3.63, 3.8) is 0 Å². The molecule has 2 aromatic carbocycles. The Kier molecular flexibility index (Phi) is 10.1. The first-order valence-electron chi connectivity index (χ1n) is 16.8. The number of halogens is 6. The molecule has 0 spiro atoms. The molecule has 18 heteroatoms. The second kappa shape index (κ2) is 14.1. The van der Waals surface area contributed by atoms with Gasteiger partial charge in [-0.3, -0.25) is 14.5 Å². The zero-order valence-electron chi connectivity index (χ0n) is 29.2. The predicted molar refractivity (Wildman–Crippen MR) is 183 cm³/mol. The average molecular weight is 762 g/mol. The third-order valence-electron chi connectivity index (χ3n) is 9.07. The summed E-state index contributed by atoms with van der Waals surface area (Å²) in [4.78, 5) is 39.1. The molecular formula is C35H37ClF5N9O3. The number of ether oxygens (including phenoxy) is 1. The normalized spacial score (nSPS) is 19.1. The standard InChI is InChI=1S/C35H37ClF5N9O3/c1-19(35(39,40)41)13-28(51)53-16-27(21-7-12-25(36)24(14-21)29-43-18-45-49(29)31(37)38)48-30(52)34(46-32(48)42,17-33(2,3)4)22-8-5-20(6-9-22)26-15-44-50(47-26)23-10-11-23/h5-9,12,14-15,18-19,23,27,31H,10-11,13,16-17H2,1-4H3,(H2,42,46)/t19-,27-,34-/m1/s1. The maximum Gasteiger partial charge on any atom is 0.392 e. The fourth-order valence-electron chi connectivity index (χ4n) is 6.30. The van der Waals surface area contributed by atoms with Gasteiger partial charge in [0.05, 0.1) is 35.6 Å². The Labute approximate surface area is 306 Å². The number of aliphatic imine (C=N–C) groups is 1. The Morgan fingerprint density at radius 2 is 1.79 bits per heavy atom. The van der Waals surface area contributed by atoms with Crippen LogP contribution in [0.1, 0.15) is 83.1 Å². The average Bonchev–Trinajstić information content (AvgIpc) is 3.49. The van der Waals surface area contributed by atoms with Crippen LogP contribution in [-0.4, -0.2) is 65.3 Å². The van der Waals surface area contributed by atoms with E-state index in [0.717, 1.165) is 36.6 Å². The van der Waals surface area contributed by atoms with Crippen LogP contribution in [0.3, 0.4) is 0 Å². The first-order valence-corrected chi connectivity index (χ1v) is 17.2. The molecule has 53 heavy (non-hydrogen) atoms. The molecule has 0 bridgehead atoms. The van der Waals surface area contributed by atoms with Crippen LogP contribution in [0.4, 0.5) is 22.0 Å². The Morgan fingerprint density at radius 3 is 2.42 bits per heavy atom. The van der Waals surface area contributed by atoms with Crippen LogP contribution in [0.15, 0.2) is 60.0 Å². The number of guanidine groups is 1. The van der Waals surface area contributed by atoms with Crippen LogP contribution < -0.4 is 5.73 Å². The monoisotopic (exact) mass is 761 g/mol. The van der Waals surface area contributed by atoms with E-state index < -0.39 is 60.5 Å². The number of carbonyl (C=O) groups is 2. The highest BCUT2D eigenvalue weighted by molar-refractivity contribution is 6.33. The lowest BCUT2D eigenvalue weighted by molar-refractivity contribution is -0.181. The van der Waals surface area contributed by atoms with Crippen molar-refractivity contribution in [3.05, 3.63) is 71.1 Å². The van der Waals surface area contributed by atoms with Gasteiger partial charge in [-0.1, -0.05) is 69.6 Å². The molecule has 3 heterocycles. The Morgan fingerprint density at radius 1 is 1.09 bits per heavy atom.